The van der Waals surface area contributed by atoms with Gasteiger partial charge in [0.15, 0.2) is 0 Å². The Labute approximate surface area is 146 Å². The van der Waals surface area contributed by atoms with Gasteiger partial charge in [-0.2, -0.15) is 4.37 Å². The molecule has 0 saturated heterocycles. The van der Waals surface area contributed by atoms with Gasteiger partial charge in [-0.3, -0.25) is 0 Å². The Hall–Kier alpha value is -1.81. The van der Waals surface area contributed by atoms with Crippen molar-refractivity contribution in [3.63, 3.8) is 0 Å². The summed E-state index contributed by atoms with van der Waals surface area (Å²) < 4.78 is 5.52. The molecule has 0 aliphatic heterocycles. The molecule has 0 bridgehead atoms. The standard InChI is InChI=1S/C8H7NS.C5H6N2.3C2H6/c1-6-7-4-2-3-5-8(7)10-9-6;1-5-6-3-2-4-7-5;3*1-2/h2-5H,1H3;2-4H,1H3;3*1-2H3. The van der Waals surface area contributed by atoms with Crippen molar-refractivity contribution < 1.29 is 0 Å². The second-order valence-corrected chi connectivity index (χ2v) is 4.37. The Balaban J connectivity index is 0. The Bertz CT molecular complexity index is 592. The van der Waals surface area contributed by atoms with Gasteiger partial charge < -0.3 is 0 Å². The topological polar surface area (TPSA) is 38.7 Å². The second kappa shape index (κ2) is 16.6. The Morgan fingerprint density at radius 1 is 0.739 bits per heavy atom. The number of rotatable bonds is 0. The maximum Gasteiger partial charge on any atom is 0.125 e. The highest BCUT2D eigenvalue weighted by Gasteiger charge is 1.97. The minimum atomic E-state index is 0.822. The van der Waals surface area contributed by atoms with Gasteiger partial charge in [0.2, 0.25) is 0 Å². The highest BCUT2D eigenvalue weighted by Crippen LogP contribution is 2.20. The lowest BCUT2D eigenvalue weighted by atomic mass is 10.2. The summed E-state index contributed by atoms with van der Waals surface area (Å²) in [7, 11) is 0. The third kappa shape index (κ3) is 9.74. The average molecular weight is 334 g/mol. The van der Waals surface area contributed by atoms with E-state index in [1.54, 1.807) is 30.0 Å². The number of aryl methyl sites for hydroxylation is 2. The molecular formula is C19H31N3S. The van der Waals surface area contributed by atoms with Crippen molar-refractivity contribution in [2.75, 3.05) is 0 Å². The SMILES string of the molecule is CC.CC.CC.Cc1ncccn1.Cc1nsc2ccccc12. The molecule has 0 N–H and O–H groups in total. The van der Waals surface area contributed by atoms with Gasteiger partial charge in [0.1, 0.15) is 5.82 Å². The second-order valence-electron chi connectivity index (χ2n) is 3.56. The van der Waals surface area contributed by atoms with Gasteiger partial charge in [-0.1, -0.05) is 59.7 Å². The molecular weight excluding hydrogens is 302 g/mol. The molecule has 0 atom stereocenters. The maximum atomic E-state index is 4.24. The molecule has 0 radical (unpaired) electrons. The van der Waals surface area contributed by atoms with Gasteiger partial charge in [-0.25, -0.2) is 9.97 Å². The van der Waals surface area contributed by atoms with Gasteiger partial charge in [0.05, 0.1) is 10.4 Å². The minimum absolute atomic E-state index is 0.822. The Morgan fingerprint density at radius 2 is 1.26 bits per heavy atom. The van der Waals surface area contributed by atoms with Crippen LogP contribution in [0, 0.1) is 13.8 Å². The molecule has 0 amide bonds. The molecule has 128 valence electrons. The first-order valence-electron chi connectivity index (χ1n) is 8.32. The number of nitrogens with zero attached hydrogens (tertiary/aromatic N) is 3. The van der Waals surface area contributed by atoms with Crippen LogP contribution in [0.3, 0.4) is 0 Å². The molecule has 0 saturated carbocycles. The zero-order valence-electron chi connectivity index (χ0n) is 15.8. The summed E-state index contributed by atoms with van der Waals surface area (Å²) >= 11 is 1.56. The molecule has 2 heterocycles. The van der Waals surface area contributed by atoms with E-state index in [-0.39, 0.29) is 0 Å². The van der Waals surface area contributed by atoms with Gasteiger partial charge in [0, 0.05) is 17.8 Å². The molecule has 0 aliphatic carbocycles. The average Bonchev–Trinajstić information content (AvgIpc) is 3.03. The van der Waals surface area contributed by atoms with Crippen molar-refractivity contribution in [2.45, 2.75) is 55.4 Å². The fraction of sp³-hybridized carbons (Fsp3) is 0.421. The molecule has 4 heteroatoms. The Kier molecular flexibility index (Phi) is 16.9. The summed E-state index contributed by atoms with van der Waals surface area (Å²) in [5.74, 6) is 0.822. The molecule has 3 aromatic rings. The van der Waals surface area contributed by atoms with E-state index >= 15 is 0 Å². The van der Waals surface area contributed by atoms with E-state index in [0.717, 1.165) is 11.5 Å². The van der Waals surface area contributed by atoms with E-state index in [0.29, 0.717) is 0 Å². The van der Waals surface area contributed by atoms with Crippen LogP contribution < -0.4 is 0 Å². The van der Waals surface area contributed by atoms with Crippen molar-refractivity contribution >= 4 is 21.6 Å². The molecule has 3 nitrogen and oxygen atoms in total. The molecule has 2 aromatic heterocycles. The number of fused-ring (bicyclic) bond motifs is 1. The summed E-state index contributed by atoms with van der Waals surface area (Å²) in [5, 5.41) is 1.28. The summed E-state index contributed by atoms with van der Waals surface area (Å²) in [6, 6.07) is 10.1. The fourth-order valence-corrected chi connectivity index (χ4v) is 2.17. The normalized spacial score (nSPS) is 8.00. The van der Waals surface area contributed by atoms with Gasteiger partial charge >= 0.3 is 0 Å². The van der Waals surface area contributed by atoms with Crippen molar-refractivity contribution in [3.8, 4) is 0 Å². The van der Waals surface area contributed by atoms with Crippen molar-refractivity contribution in [1.82, 2.24) is 14.3 Å². The van der Waals surface area contributed by atoms with Crippen LogP contribution in [0.25, 0.3) is 10.1 Å². The predicted molar refractivity (Wildman–Crippen MR) is 105 cm³/mol. The zero-order chi connectivity index (χ0) is 18.1. The zero-order valence-corrected chi connectivity index (χ0v) is 16.6. The smallest absolute Gasteiger partial charge is 0.125 e. The van der Waals surface area contributed by atoms with E-state index in [1.807, 2.05) is 67.5 Å². The fourth-order valence-electron chi connectivity index (χ4n) is 1.39. The first-order chi connectivity index (χ1) is 11.3. The van der Waals surface area contributed by atoms with Gasteiger partial charge in [-0.05, 0) is 37.5 Å². The largest absolute Gasteiger partial charge is 0.242 e. The quantitative estimate of drug-likeness (QED) is 0.473. The molecule has 0 fully saturated rings. The summed E-state index contributed by atoms with van der Waals surface area (Å²) in [6.07, 6.45) is 3.45. The van der Waals surface area contributed by atoms with E-state index < -0.39 is 0 Å². The van der Waals surface area contributed by atoms with E-state index in [2.05, 4.69) is 26.5 Å². The van der Waals surface area contributed by atoms with E-state index in [4.69, 9.17) is 0 Å². The first kappa shape index (κ1) is 23.5. The molecule has 0 spiro atoms. The van der Waals surface area contributed by atoms with E-state index in [1.165, 1.54) is 10.1 Å². The predicted octanol–water partition coefficient (Wildman–Crippen LogP) is 6.47. The van der Waals surface area contributed by atoms with Crippen molar-refractivity contribution in [2.24, 2.45) is 0 Å². The number of hydrogen-bond acceptors (Lipinski definition) is 4. The van der Waals surface area contributed by atoms with Gasteiger partial charge in [0.25, 0.3) is 0 Å². The summed E-state index contributed by atoms with van der Waals surface area (Å²) in [5.41, 5.74) is 1.14. The third-order valence-electron chi connectivity index (χ3n) is 2.25. The molecule has 3 rings (SSSR count). The van der Waals surface area contributed by atoms with Crippen molar-refractivity contribution in [3.05, 3.63) is 54.2 Å². The van der Waals surface area contributed by atoms with Gasteiger partial charge in [-0.15, -0.1) is 0 Å². The summed E-state index contributed by atoms with van der Waals surface area (Å²) in [6.45, 7) is 15.9. The van der Waals surface area contributed by atoms with E-state index in [9.17, 15) is 0 Å². The molecule has 0 unspecified atom stereocenters. The van der Waals surface area contributed by atoms with Crippen LogP contribution in [0.5, 0.6) is 0 Å². The lowest BCUT2D eigenvalue weighted by Gasteiger charge is -1.84. The highest BCUT2D eigenvalue weighted by molar-refractivity contribution is 7.13. The van der Waals surface area contributed by atoms with Crippen LogP contribution in [-0.4, -0.2) is 14.3 Å². The highest BCUT2D eigenvalue weighted by atomic mass is 32.1. The van der Waals surface area contributed by atoms with Crippen LogP contribution in [0.2, 0.25) is 0 Å². The lowest BCUT2D eigenvalue weighted by molar-refractivity contribution is 1.05. The first-order valence-corrected chi connectivity index (χ1v) is 9.09. The van der Waals surface area contributed by atoms with Crippen molar-refractivity contribution in [1.29, 1.82) is 0 Å². The number of benzene rings is 1. The molecule has 0 aliphatic rings. The van der Waals surface area contributed by atoms with Crippen LogP contribution in [0.1, 0.15) is 53.1 Å². The van der Waals surface area contributed by atoms with Crippen LogP contribution in [0.4, 0.5) is 0 Å². The molecule has 23 heavy (non-hydrogen) atoms. The van der Waals surface area contributed by atoms with Crippen LogP contribution >= 0.6 is 11.5 Å². The minimum Gasteiger partial charge on any atom is -0.242 e. The molecule has 1 aromatic carbocycles. The van der Waals surface area contributed by atoms with Crippen LogP contribution in [0.15, 0.2) is 42.7 Å². The Morgan fingerprint density at radius 3 is 1.70 bits per heavy atom. The number of aromatic nitrogens is 3. The number of hydrogen-bond donors (Lipinski definition) is 0. The summed E-state index contributed by atoms with van der Waals surface area (Å²) in [4.78, 5) is 7.74. The monoisotopic (exact) mass is 333 g/mol. The third-order valence-corrected chi connectivity index (χ3v) is 3.17. The maximum absolute atomic E-state index is 4.24. The lowest BCUT2D eigenvalue weighted by Crippen LogP contribution is -1.80. The van der Waals surface area contributed by atoms with Crippen LogP contribution in [-0.2, 0) is 0 Å².